The van der Waals surface area contributed by atoms with Crippen LogP contribution in [0.4, 0.5) is 0 Å². The maximum atomic E-state index is 12.6. The summed E-state index contributed by atoms with van der Waals surface area (Å²) in [4.78, 5) is 6.53. The minimum atomic E-state index is -3.28. The summed E-state index contributed by atoms with van der Waals surface area (Å²) >= 11 is 0. The first-order valence-corrected chi connectivity index (χ1v) is 10.5. The number of hydrogen-bond donors (Lipinski definition) is 1. The fraction of sp³-hybridized carbons (Fsp3) is 0.938. The number of morpholine rings is 1. The number of hydrogen-bond acceptors (Lipinski definition) is 4. The van der Waals surface area contributed by atoms with Crippen LogP contribution >= 0.6 is 24.0 Å². The van der Waals surface area contributed by atoms with Gasteiger partial charge in [0.15, 0.2) is 5.96 Å². The van der Waals surface area contributed by atoms with Crippen LogP contribution in [0.3, 0.4) is 0 Å². The summed E-state index contributed by atoms with van der Waals surface area (Å²) in [6.45, 7) is 9.27. The van der Waals surface area contributed by atoms with Crippen LogP contribution in [0.1, 0.15) is 33.6 Å². The fourth-order valence-electron chi connectivity index (χ4n) is 3.49. The molecule has 2 rings (SSSR count). The van der Waals surface area contributed by atoms with Gasteiger partial charge in [-0.2, -0.15) is 4.31 Å². The molecule has 2 aliphatic rings. The first kappa shape index (κ1) is 22.9. The highest BCUT2D eigenvalue weighted by Gasteiger charge is 2.30. The second kappa shape index (κ2) is 10.3. The summed E-state index contributed by atoms with van der Waals surface area (Å²) in [6, 6.07) is 0. The molecule has 9 heteroatoms. The van der Waals surface area contributed by atoms with Gasteiger partial charge in [-0.1, -0.05) is 6.92 Å². The molecule has 3 unspecified atom stereocenters. The molecule has 2 heterocycles. The number of sulfonamides is 1. The van der Waals surface area contributed by atoms with E-state index in [0.29, 0.717) is 25.6 Å². The maximum Gasteiger partial charge on any atom is 0.216 e. The summed E-state index contributed by atoms with van der Waals surface area (Å²) < 4.78 is 32.3. The highest BCUT2D eigenvalue weighted by Crippen LogP contribution is 2.16. The van der Waals surface area contributed by atoms with E-state index < -0.39 is 10.0 Å². The third-order valence-electron chi connectivity index (χ3n) is 4.59. The van der Waals surface area contributed by atoms with Gasteiger partial charge in [0, 0.05) is 39.8 Å². The van der Waals surface area contributed by atoms with E-state index in [1.807, 2.05) is 13.8 Å². The smallest absolute Gasteiger partial charge is 0.216 e. The predicted octanol–water partition coefficient (Wildman–Crippen LogP) is 1.35. The summed E-state index contributed by atoms with van der Waals surface area (Å²) in [5, 5.41) is 3.22. The average Bonchev–Trinajstić information content (AvgIpc) is 2.50. The van der Waals surface area contributed by atoms with Gasteiger partial charge in [0.1, 0.15) is 0 Å². The van der Waals surface area contributed by atoms with Crippen molar-refractivity contribution in [3.05, 3.63) is 0 Å². The predicted molar refractivity (Wildman–Crippen MR) is 112 cm³/mol. The Morgan fingerprint density at radius 2 is 1.84 bits per heavy atom. The average molecular weight is 488 g/mol. The lowest BCUT2D eigenvalue weighted by Crippen LogP contribution is -2.51. The molecule has 0 amide bonds. The van der Waals surface area contributed by atoms with Crippen LogP contribution in [0.5, 0.6) is 0 Å². The van der Waals surface area contributed by atoms with Gasteiger partial charge in [-0.15, -0.1) is 24.0 Å². The minimum absolute atomic E-state index is 0. The van der Waals surface area contributed by atoms with Crippen LogP contribution in [-0.2, 0) is 14.8 Å². The Bertz CT molecular complexity index is 533. The highest BCUT2D eigenvalue weighted by atomic mass is 127. The van der Waals surface area contributed by atoms with Crippen LogP contribution in [-0.4, -0.2) is 81.3 Å². The summed E-state index contributed by atoms with van der Waals surface area (Å²) in [5.41, 5.74) is 0. The molecule has 0 aliphatic carbocycles. The lowest BCUT2D eigenvalue weighted by Gasteiger charge is -2.35. The van der Waals surface area contributed by atoms with Gasteiger partial charge in [0.05, 0.1) is 18.0 Å². The number of piperidine rings is 1. The Morgan fingerprint density at radius 3 is 2.40 bits per heavy atom. The maximum absolute atomic E-state index is 12.6. The molecule has 3 atom stereocenters. The van der Waals surface area contributed by atoms with Gasteiger partial charge in [0.2, 0.25) is 10.0 Å². The molecule has 0 aromatic heterocycles. The molecule has 148 valence electrons. The molecule has 0 bridgehead atoms. The van der Waals surface area contributed by atoms with Crippen molar-refractivity contribution in [3.8, 4) is 0 Å². The zero-order valence-electron chi connectivity index (χ0n) is 15.8. The Morgan fingerprint density at radius 1 is 1.20 bits per heavy atom. The molecular formula is C16H33IN4O3S. The number of nitrogens with one attached hydrogen (secondary N) is 1. The molecule has 25 heavy (non-hydrogen) atoms. The molecule has 1 N–H and O–H groups in total. The SMILES string of the molecule is CN=C(NCCS(=O)(=O)N1CC(C)OC(C)C1)N1CCCC(C)C1.I. The number of ether oxygens (including phenoxy) is 1. The van der Waals surface area contributed by atoms with Gasteiger partial charge in [-0.25, -0.2) is 8.42 Å². The quantitative estimate of drug-likeness (QED) is 0.368. The van der Waals surface area contributed by atoms with Gasteiger partial charge in [-0.05, 0) is 32.6 Å². The normalized spacial score (nSPS) is 29.2. The van der Waals surface area contributed by atoms with Gasteiger partial charge >= 0.3 is 0 Å². The Balaban J connectivity index is 0.00000312. The molecule has 0 spiro atoms. The molecular weight excluding hydrogens is 455 g/mol. The van der Waals surface area contributed by atoms with E-state index in [1.165, 1.54) is 6.42 Å². The molecule has 2 saturated heterocycles. The van der Waals surface area contributed by atoms with Gasteiger partial charge in [-0.3, -0.25) is 4.99 Å². The van der Waals surface area contributed by atoms with Crippen molar-refractivity contribution in [3.63, 3.8) is 0 Å². The van der Waals surface area contributed by atoms with Crippen LogP contribution in [0.2, 0.25) is 0 Å². The first-order chi connectivity index (χ1) is 11.3. The van der Waals surface area contributed by atoms with E-state index in [9.17, 15) is 8.42 Å². The lowest BCUT2D eigenvalue weighted by atomic mass is 10.0. The van der Waals surface area contributed by atoms with Crippen LogP contribution in [0, 0.1) is 5.92 Å². The summed E-state index contributed by atoms with van der Waals surface area (Å²) in [7, 11) is -1.53. The van der Waals surface area contributed by atoms with E-state index in [1.54, 1.807) is 11.4 Å². The van der Waals surface area contributed by atoms with E-state index >= 15 is 0 Å². The molecule has 7 nitrogen and oxygen atoms in total. The second-order valence-corrected chi connectivity index (χ2v) is 9.15. The fourth-order valence-corrected chi connectivity index (χ4v) is 4.99. The van der Waals surface area contributed by atoms with Crippen molar-refractivity contribution in [1.82, 2.24) is 14.5 Å². The molecule has 0 aromatic rings. The molecule has 2 fully saturated rings. The lowest BCUT2D eigenvalue weighted by molar-refractivity contribution is -0.0440. The Labute approximate surface area is 169 Å². The first-order valence-electron chi connectivity index (χ1n) is 8.90. The topological polar surface area (TPSA) is 74.2 Å². The summed E-state index contributed by atoms with van der Waals surface area (Å²) in [5.74, 6) is 1.53. The zero-order valence-corrected chi connectivity index (χ0v) is 18.9. The van der Waals surface area contributed by atoms with Crippen molar-refractivity contribution < 1.29 is 13.2 Å². The van der Waals surface area contributed by atoms with E-state index in [0.717, 1.165) is 25.5 Å². The zero-order chi connectivity index (χ0) is 17.7. The van der Waals surface area contributed by atoms with Crippen molar-refractivity contribution in [2.24, 2.45) is 10.9 Å². The monoisotopic (exact) mass is 488 g/mol. The standard InChI is InChI=1S/C16H32N4O3S.HI/c1-13-6-5-8-19(10-13)16(17-4)18-7-9-24(21,22)20-11-14(2)23-15(3)12-20;/h13-15H,5-12H2,1-4H3,(H,17,18);1H. The molecule has 2 aliphatic heterocycles. The van der Waals surface area contributed by atoms with Gasteiger partial charge in [0.25, 0.3) is 0 Å². The number of likely N-dealkylation sites (tertiary alicyclic amines) is 1. The van der Waals surface area contributed by atoms with Crippen molar-refractivity contribution in [1.29, 1.82) is 0 Å². The van der Waals surface area contributed by atoms with E-state index in [2.05, 4.69) is 22.1 Å². The number of rotatable bonds is 4. The number of guanidine groups is 1. The third kappa shape index (κ3) is 6.84. The Kier molecular flexibility index (Phi) is 9.41. The van der Waals surface area contributed by atoms with E-state index in [-0.39, 0.29) is 41.9 Å². The molecule has 0 saturated carbocycles. The van der Waals surface area contributed by atoms with Crippen LogP contribution in [0.25, 0.3) is 0 Å². The third-order valence-corrected chi connectivity index (χ3v) is 6.40. The summed E-state index contributed by atoms with van der Waals surface area (Å²) in [6.07, 6.45) is 2.29. The second-order valence-electron chi connectivity index (χ2n) is 7.06. The number of nitrogens with zero attached hydrogens (tertiary/aromatic N) is 3. The van der Waals surface area contributed by atoms with Crippen molar-refractivity contribution in [2.75, 3.05) is 45.5 Å². The molecule has 0 aromatic carbocycles. The largest absolute Gasteiger partial charge is 0.373 e. The Hall–Kier alpha value is -0.130. The van der Waals surface area contributed by atoms with E-state index in [4.69, 9.17) is 4.74 Å². The number of halogens is 1. The number of aliphatic imine (C=N–C) groups is 1. The van der Waals surface area contributed by atoms with Crippen LogP contribution in [0.15, 0.2) is 4.99 Å². The highest BCUT2D eigenvalue weighted by molar-refractivity contribution is 14.0. The minimum Gasteiger partial charge on any atom is -0.373 e. The van der Waals surface area contributed by atoms with Crippen molar-refractivity contribution in [2.45, 2.75) is 45.8 Å². The van der Waals surface area contributed by atoms with Gasteiger partial charge < -0.3 is 15.0 Å². The van der Waals surface area contributed by atoms with Crippen molar-refractivity contribution >= 4 is 40.0 Å². The van der Waals surface area contributed by atoms with Crippen LogP contribution < -0.4 is 5.32 Å². The molecule has 0 radical (unpaired) electrons.